The number of carbonyl (C=O) groups excluding carboxylic acids is 1. The first-order valence-corrected chi connectivity index (χ1v) is 4.79. The molecule has 0 heterocycles. The van der Waals surface area contributed by atoms with Gasteiger partial charge in [0, 0.05) is 6.04 Å². The van der Waals surface area contributed by atoms with Crippen LogP contribution < -0.4 is 5.32 Å². The standard InChI is InChI=1S/C10H19NO2/c1-10(2,3)8(9(12)13-4)11-7-5-6-7/h7-8,11H,5-6H2,1-4H3. The molecule has 0 amide bonds. The number of nitrogens with one attached hydrogen (secondary N) is 1. The Bertz CT molecular complexity index is 192. The van der Waals surface area contributed by atoms with Gasteiger partial charge in [0.1, 0.15) is 6.04 Å². The van der Waals surface area contributed by atoms with Gasteiger partial charge >= 0.3 is 5.97 Å². The van der Waals surface area contributed by atoms with Crippen molar-refractivity contribution in [3.63, 3.8) is 0 Å². The second-order valence-corrected chi connectivity index (χ2v) is 4.76. The van der Waals surface area contributed by atoms with Gasteiger partial charge in [-0.15, -0.1) is 0 Å². The van der Waals surface area contributed by atoms with E-state index in [1.54, 1.807) is 0 Å². The summed E-state index contributed by atoms with van der Waals surface area (Å²) in [7, 11) is 1.44. The zero-order valence-corrected chi connectivity index (χ0v) is 8.89. The van der Waals surface area contributed by atoms with E-state index in [9.17, 15) is 4.79 Å². The number of hydrogen-bond donors (Lipinski definition) is 1. The maximum absolute atomic E-state index is 11.4. The highest BCUT2D eigenvalue weighted by Crippen LogP contribution is 2.26. The third-order valence-corrected chi connectivity index (χ3v) is 2.28. The Morgan fingerprint density at radius 1 is 1.46 bits per heavy atom. The summed E-state index contributed by atoms with van der Waals surface area (Å²) in [5.41, 5.74) is -0.0737. The van der Waals surface area contributed by atoms with Gasteiger partial charge < -0.3 is 10.1 Å². The van der Waals surface area contributed by atoms with E-state index in [4.69, 9.17) is 4.74 Å². The van der Waals surface area contributed by atoms with Crippen LogP contribution in [0, 0.1) is 5.41 Å². The van der Waals surface area contributed by atoms with Crippen LogP contribution in [-0.4, -0.2) is 25.2 Å². The predicted molar refractivity (Wildman–Crippen MR) is 51.4 cm³/mol. The van der Waals surface area contributed by atoms with Crippen molar-refractivity contribution in [1.82, 2.24) is 5.32 Å². The Labute approximate surface area is 79.8 Å². The molecular weight excluding hydrogens is 166 g/mol. The van der Waals surface area contributed by atoms with Crippen LogP contribution >= 0.6 is 0 Å². The van der Waals surface area contributed by atoms with Crippen LogP contribution in [0.3, 0.4) is 0 Å². The molecule has 1 saturated carbocycles. The van der Waals surface area contributed by atoms with Crippen molar-refractivity contribution >= 4 is 5.97 Å². The van der Waals surface area contributed by atoms with Crippen LogP contribution in [0.2, 0.25) is 0 Å². The fourth-order valence-corrected chi connectivity index (χ4v) is 1.28. The molecule has 0 radical (unpaired) electrons. The summed E-state index contributed by atoms with van der Waals surface area (Å²) in [5.74, 6) is -0.153. The summed E-state index contributed by atoms with van der Waals surface area (Å²) >= 11 is 0. The second-order valence-electron chi connectivity index (χ2n) is 4.76. The first kappa shape index (κ1) is 10.5. The maximum atomic E-state index is 11.4. The molecule has 0 aromatic heterocycles. The smallest absolute Gasteiger partial charge is 0.323 e. The minimum Gasteiger partial charge on any atom is -0.468 e. The fourth-order valence-electron chi connectivity index (χ4n) is 1.28. The lowest BCUT2D eigenvalue weighted by Gasteiger charge is -2.29. The van der Waals surface area contributed by atoms with Crippen LogP contribution in [0.5, 0.6) is 0 Å². The number of methoxy groups -OCH3 is 1. The molecule has 0 aliphatic heterocycles. The summed E-state index contributed by atoms with van der Waals surface area (Å²) < 4.78 is 4.77. The quantitative estimate of drug-likeness (QED) is 0.674. The molecule has 1 unspecified atom stereocenters. The lowest BCUT2D eigenvalue weighted by Crippen LogP contribution is -2.48. The molecule has 1 N–H and O–H groups in total. The lowest BCUT2D eigenvalue weighted by atomic mass is 9.86. The van der Waals surface area contributed by atoms with Crippen LogP contribution in [0.1, 0.15) is 33.6 Å². The van der Waals surface area contributed by atoms with Crippen molar-refractivity contribution < 1.29 is 9.53 Å². The molecular formula is C10H19NO2. The molecule has 0 saturated heterocycles. The summed E-state index contributed by atoms with van der Waals surface area (Å²) in [5, 5.41) is 3.31. The van der Waals surface area contributed by atoms with E-state index in [2.05, 4.69) is 5.32 Å². The van der Waals surface area contributed by atoms with Crippen molar-refractivity contribution in [2.75, 3.05) is 7.11 Å². The van der Waals surface area contributed by atoms with Crippen LogP contribution in [-0.2, 0) is 9.53 Å². The predicted octanol–water partition coefficient (Wildman–Crippen LogP) is 1.33. The number of rotatable bonds is 3. The van der Waals surface area contributed by atoms with Gasteiger partial charge in [-0.25, -0.2) is 0 Å². The Kier molecular flexibility index (Phi) is 2.96. The topological polar surface area (TPSA) is 38.3 Å². The first-order chi connectivity index (χ1) is 5.95. The second kappa shape index (κ2) is 3.66. The van der Waals surface area contributed by atoms with E-state index in [0.29, 0.717) is 6.04 Å². The van der Waals surface area contributed by atoms with Crippen LogP contribution in [0.25, 0.3) is 0 Å². The molecule has 13 heavy (non-hydrogen) atoms. The highest BCUT2D eigenvalue weighted by molar-refractivity contribution is 5.76. The minimum absolute atomic E-state index is 0.0737. The molecule has 76 valence electrons. The Morgan fingerprint density at radius 2 is 2.00 bits per heavy atom. The van der Waals surface area contributed by atoms with Gasteiger partial charge in [0.25, 0.3) is 0 Å². The van der Waals surface area contributed by atoms with Gasteiger partial charge in [-0.3, -0.25) is 4.79 Å². The average molecular weight is 185 g/mol. The molecule has 0 aromatic rings. The van der Waals surface area contributed by atoms with E-state index >= 15 is 0 Å². The summed E-state index contributed by atoms with van der Waals surface area (Å²) in [6.07, 6.45) is 2.37. The van der Waals surface area contributed by atoms with Gasteiger partial charge in [-0.2, -0.15) is 0 Å². The molecule has 1 aliphatic carbocycles. The van der Waals surface area contributed by atoms with Gasteiger partial charge in [0.2, 0.25) is 0 Å². The van der Waals surface area contributed by atoms with Gasteiger partial charge in [-0.05, 0) is 18.3 Å². The molecule has 1 rings (SSSR count). The summed E-state index contributed by atoms with van der Waals surface area (Å²) in [6.45, 7) is 6.14. The Balaban J connectivity index is 2.57. The van der Waals surface area contributed by atoms with Crippen molar-refractivity contribution in [3.8, 4) is 0 Å². The number of esters is 1. The lowest BCUT2D eigenvalue weighted by molar-refractivity contribution is -0.146. The van der Waals surface area contributed by atoms with E-state index in [1.807, 2.05) is 20.8 Å². The molecule has 1 atom stereocenters. The van der Waals surface area contributed by atoms with Crippen molar-refractivity contribution in [2.24, 2.45) is 5.41 Å². The third-order valence-electron chi connectivity index (χ3n) is 2.28. The van der Waals surface area contributed by atoms with E-state index in [-0.39, 0.29) is 17.4 Å². The zero-order valence-electron chi connectivity index (χ0n) is 8.89. The third kappa shape index (κ3) is 2.99. The molecule has 3 heteroatoms. The molecule has 1 aliphatic rings. The van der Waals surface area contributed by atoms with Crippen molar-refractivity contribution in [1.29, 1.82) is 0 Å². The van der Waals surface area contributed by atoms with Crippen LogP contribution in [0.15, 0.2) is 0 Å². The Morgan fingerprint density at radius 3 is 2.31 bits per heavy atom. The molecule has 1 fully saturated rings. The molecule has 0 aromatic carbocycles. The fraction of sp³-hybridized carbons (Fsp3) is 0.900. The average Bonchev–Trinajstić information content (AvgIpc) is 2.80. The van der Waals surface area contributed by atoms with Gasteiger partial charge in [0.05, 0.1) is 7.11 Å². The molecule has 0 spiro atoms. The Hall–Kier alpha value is -0.570. The highest BCUT2D eigenvalue weighted by Gasteiger charge is 2.36. The largest absolute Gasteiger partial charge is 0.468 e. The number of ether oxygens (including phenoxy) is 1. The van der Waals surface area contributed by atoms with Crippen LogP contribution in [0.4, 0.5) is 0 Å². The monoisotopic (exact) mass is 185 g/mol. The highest BCUT2D eigenvalue weighted by atomic mass is 16.5. The maximum Gasteiger partial charge on any atom is 0.323 e. The zero-order chi connectivity index (χ0) is 10.1. The van der Waals surface area contributed by atoms with Gasteiger partial charge in [0.15, 0.2) is 0 Å². The van der Waals surface area contributed by atoms with Gasteiger partial charge in [-0.1, -0.05) is 20.8 Å². The molecule has 0 bridgehead atoms. The number of carbonyl (C=O) groups is 1. The van der Waals surface area contributed by atoms with Crippen molar-refractivity contribution in [3.05, 3.63) is 0 Å². The minimum atomic E-state index is -0.176. The normalized spacial score (nSPS) is 19.7. The molecule has 3 nitrogen and oxygen atoms in total. The van der Waals surface area contributed by atoms with E-state index in [0.717, 1.165) is 0 Å². The summed E-state index contributed by atoms with van der Waals surface area (Å²) in [4.78, 5) is 11.4. The van der Waals surface area contributed by atoms with Crippen molar-refractivity contribution in [2.45, 2.75) is 45.7 Å². The van der Waals surface area contributed by atoms with E-state index < -0.39 is 0 Å². The number of hydrogen-bond acceptors (Lipinski definition) is 3. The summed E-state index contributed by atoms with van der Waals surface area (Å²) in [6, 6.07) is 0.355. The first-order valence-electron chi connectivity index (χ1n) is 4.79. The van der Waals surface area contributed by atoms with E-state index in [1.165, 1.54) is 20.0 Å². The SMILES string of the molecule is COC(=O)C(NC1CC1)C(C)(C)C.